The first-order valence-electron chi connectivity index (χ1n) is 6.58. The first-order chi connectivity index (χ1) is 9.84. The van der Waals surface area contributed by atoms with Crippen LogP contribution in [0.1, 0.15) is 0 Å². The Balaban J connectivity index is 2.12. The summed E-state index contributed by atoms with van der Waals surface area (Å²) in [4.78, 5) is 8.66. The number of rotatable bonds is 1. The van der Waals surface area contributed by atoms with Crippen molar-refractivity contribution < 1.29 is 0 Å². The Labute approximate surface area is 116 Å². The van der Waals surface area contributed by atoms with Crippen LogP contribution in [0.5, 0.6) is 0 Å². The lowest BCUT2D eigenvalue weighted by Crippen LogP contribution is -1.85. The van der Waals surface area contributed by atoms with Gasteiger partial charge in [0.25, 0.3) is 0 Å². The van der Waals surface area contributed by atoms with Gasteiger partial charge in [-0.25, -0.2) is 4.98 Å². The molecule has 0 bridgehead atoms. The summed E-state index contributed by atoms with van der Waals surface area (Å²) in [5.74, 6) is 0. The van der Waals surface area contributed by atoms with Crippen molar-refractivity contribution in [1.82, 2.24) is 14.5 Å². The highest BCUT2D eigenvalue weighted by Crippen LogP contribution is 2.33. The molecule has 3 nitrogen and oxygen atoms in total. The van der Waals surface area contributed by atoms with Crippen LogP contribution in [0.2, 0.25) is 0 Å². The molecule has 0 saturated carbocycles. The van der Waals surface area contributed by atoms with Crippen LogP contribution in [0.3, 0.4) is 0 Å². The quantitative estimate of drug-likeness (QED) is 0.520. The molecule has 4 aromatic rings. The summed E-state index contributed by atoms with van der Waals surface area (Å²) in [7, 11) is 2.03. The Morgan fingerprint density at radius 2 is 1.85 bits per heavy atom. The van der Waals surface area contributed by atoms with Crippen molar-refractivity contribution in [2.75, 3.05) is 0 Å². The van der Waals surface area contributed by atoms with Crippen LogP contribution >= 0.6 is 0 Å². The van der Waals surface area contributed by atoms with Crippen LogP contribution in [-0.4, -0.2) is 14.5 Å². The van der Waals surface area contributed by atoms with E-state index in [1.54, 1.807) is 0 Å². The van der Waals surface area contributed by atoms with Crippen LogP contribution in [0.25, 0.3) is 32.9 Å². The highest BCUT2D eigenvalue weighted by atomic mass is 15.0. The summed E-state index contributed by atoms with van der Waals surface area (Å²) >= 11 is 0. The lowest BCUT2D eigenvalue weighted by atomic mass is 10.00. The number of hydrogen-bond acceptors (Lipinski definition) is 2. The van der Waals surface area contributed by atoms with Crippen molar-refractivity contribution in [3.8, 4) is 11.1 Å². The highest BCUT2D eigenvalue weighted by Gasteiger charge is 2.11. The van der Waals surface area contributed by atoms with Crippen molar-refractivity contribution in [3.63, 3.8) is 0 Å². The van der Waals surface area contributed by atoms with Gasteiger partial charge in [0.05, 0.1) is 0 Å². The van der Waals surface area contributed by atoms with Crippen LogP contribution in [-0.2, 0) is 7.05 Å². The molecule has 3 aromatic heterocycles. The number of hydrogen-bond donors (Lipinski definition) is 0. The van der Waals surface area contributed by atoms with E-state index in [9.17, 15) is 0 Å². The Morgan fingerprint density at radius 3 is 2.80 bits per heavy atom. The maximum Gasteiger partial charge on any atom is 0.140 e. The molecule has 0 aliphatic rings. The van der Waals surface area contributed by atoms with E-state index in [2.05, 4.69) is 51.1 Å². The van der Waals surface area contributed by atoms with Gasteiger partial charge in [-0.3, -0.25) is 4.98 Å². The van der Waals surface area contributed by atoms with Crippen LogP contribution in [0.15, 0.2) is 61.2 Å². The minimum absolute atomic E-state index is 1.01. The van der Waals surface area contributed by atoms with E-state index in [1.165, 1.54) is 21.9 Å². The first kappa shape index (κ1) is 11.2. The normalized spacial score (nSPS) is 11.2. The number of benzene rings is 1. The zero-order chi connectivity index (χ0) is 13.5. The van der Waals surface area contributed by atoms with Crippen molar-refractivity contribution >= 4 is 21.8 Å². The molecule has 0 aliphatic heterocycles. The predicted molar refractivity (Wildman–Crippen MR) is 81.5 cm³/mol. The van der Waals surface area contributed by atoms with E-state index in [4.69, 9.17) is 0 Å². The molecule has 0 saturated heterocycles. The lowest BCUT2D eigenvalue weighted by Gasteiger charge is -2.04. The van der Waals surface area contributed by atoms with E-state index in [0.29, 0.717) is 0 Å². The summed E-state index contributed by atoms with van der Waals surface area (Å²) in [5, 5.41) is 3.56. The predicted octanol–water partition coefficient (Wildman–Crippen LogP) is 3.79. The molecular weight excluding hydrogens is 246 g/mol. The Hall–Kier alpha value is -2.68. The number of fused-ring (bicyclic) bond motifs is 2. The third kappa shape index (κ3) is 1.53. The van der Waals surface area contributed by atoms with E-state index >= 15 is 0 Å². The molecule has 0 radical (unpaired) electrons. The standard InChI is InChI=1S/C17H13N3/c1-20-11-16(15-6-3-8-19-17(15)20)14-5-2-4-12-10-18-9-7-13(12)14/h2-11H,1H3. The molecule has 1 aromatic carbocycles. The zero-order valence-electron chi connectivity index (χ0n) is 11.1. The topological polar surface area (TPSA) is 30.7 Å². The molecule has 0 fully saturated rings. The maximum atomic E-state index is 4.46. The largest absolute Gasteiger partial charge is 0.335 e. The first-order valence-corrected chi connectivity index (χ1v) is 6.58. The van der Waals surface area contributed by atoms with Crippen molar-refractivity contribution in [2.24, 2.45) is 7.05 Å². The summed E-state index contributed by atoms with van der Waals surface area (Å²) in [6.45, 7) is 0. The molecule has 96 valence electrons. The number of nitrogens with zero attached hydrogens (tertiary/aromatic N) is 3. The third-order valence-electron chi connectivity index (χ3n) is 3.70. The number of pyridine rings is 2. The SMILES string of the molecule is Cn1cc(-c2cccc3cnccc23)c2cccnc21. The average Bonchev–Trinajstić information content (AvgIpc) is 2.84. The van der Waals surface area contributed by atoms with Gasteiger partial charge in [0, 0.05) is 48.2 Å². The van der Waals surface area contributed by atoms with E-state index in [1.807, 2.05) is 31.7 Å². The second-order valence-corrected chi connectivity index (χ2v) is 4.93. The van der Waals surface area contributed by atoms with Gasteiger partial charge < -0.3 is 4.57 Å². The fourth-order valence-electron chi connectivity index (χ4n) is 2.78. The van der Waals surface area contributed by atoms with E-state index in [0.717, 1.165) is 11.0 Å². The molecule has 3 heteroatoms. The van der Waals surface area contributed by atoms with Gasteiger partial charge in [0.2, 0.25) is 0 Å². The van der Waals surface area contributed by atoms with Crippen LogP contribution < -0.4 is 0 Å². The summed E-state index contributed by atoms with van der Waals surface area (Å²) < 4.78 is 2.07. The number of aromatic nitrogens is 3. The smallest absolute Gasteiger partial charge is 0.140 e. The van der Waals surface area contributed by atoms with Gasteiger partial charge >= 0.3 is 0 Å². The minimum Gasteiger partial charge on any atom is -0.335 e. The summed E-state index contributed by atoms with van der Waals surface area (Å²) in [6.07, 6.45) is 7.73. The summed E-state index contributed by atoms with van der Waals surface area (Å²) in [6, 6.07) is 12.5. The van der Waals surface area contributed by atoms with Gasteiger partial charge in [-0.2, -0.15) is 0 Å². The molecule has 20 heavy (non-hydrogen) atoms. The number of aryl methyl sites for hydroxylation is 1. The molecule has 0 atom stereocenters. The molecule has 0 amide bonds. The van der Waals surface area contributed by atoms with Crippen LogP contribution in [0, 0.1) is 0 Å². The van der Waals surface area contributed by atoms with Gasteiger partial charge in [0.15, 0.2) is 0 Å². The fraction of sp³-hybridized carbons (Fsp3) is 0.0588. The van der Waals surface area contributed by atoms with Crippen molar-refractivity contribution in [1.29, 1.82) is 0 Å². The monoisotopic (exact) mass is 259 g/mol. The highest BCUT2D eigenvalue weighted by molar-refractivity contribution is 6.04. The maximum absolute atomic E-state index is 4.46. The van der Waals surface area contributed by atoms with Crippen molar-refractivity contribution in [3.05, 3.63) is 61.2 Å². The molecule has 0 spiro atoms. The lowest BCUT2D eigenvalue weighted by molar-refractivity contribution is 0.949. The zero-order valence-corrected chi connectivity index (χ0v) is 11.1. The molecular formula is C17H13N3. The van der Waals surface area contributed by atoms with Gasteiger partial charge in [-0.15, -0.1) is 0 Å². The third-order valence-corrected chi connectivity index (χ3v) is 3.70. The van der Waals surface area contributed by atoms with Gasteiger partial charge in [0.1, 0.15) is 5.65 Å². The molecule has 3 heterocycles. The second-order valence-electron chi connectivity index (χ2n) is 4.93. The molecule has 4 rings (SSSR count). The van der Waals surface area contributed by atoms with Gasteiger partial charge in [-0.1, -0.05) is 18.2 Å². The molecule has 0 N–H and O–H groups in total. The van der Waals surface area contributed by atoms with Crippen LogP contribution in [0.4, 0.5) is 0 Å². The second kappa shape index (κ2) is 4.17. The average molecular weight is 259 g/mol. The molecule has 0 aliphatic carbocycles. The van der Waals surface area contributed by atoms with Gasteiger partial charge in [-0.05, 0) is 29.1 Å². The Morgan fingerprint density at radius 1 is 0.900 bits per heavy atom. The van der Waals surface area contributed by atoms with Crippen molar-refractivity contribution in [2.45, 2.75) is 0 Å². The van der Waals surface area contributed by atoms with E-state index in [-0.39, 0.29) is 0 Å². The molecule has 0 unspecified atom stereocenters. The fourth-order valence-corrected chi connectivity index (χ4v) is 2.78. The van der Waals surface area contributed by atoms with E-state index < -0.39 is 0 Å². The Bertz CT molecular complexity index is 916. The summed E-state index contributed by atoms with van der Waals surface area (Å²) in [5.41, 5.74) is 3.45. The minimum atomic E-state index is 1.01. The Kier molecular flexibility index (Phi) is 2.33.